The smallest absolute Gasteiger partial charge is 0.245 e. The van der Waals surface area contributed by atoms with E-state index in [-0.39, 0.29) is 24.4 Å². The Morgan fingerprint density at radius 3 is 2.54 bits per heavy atom. The Morgan fingerprint density at radius 2 is 2.04 bits per heavy atom. The van der Waals surface area contributed by atoms with Gasteiger partial charge in [0.25, 0.3) is 0 Å². The molecule has 136 valence electrons. The number of nitrogens with one attached hydrogen (secondary N) is 1. The summed E-state index contributed by atoms with van der Waals surface area (Å²) in [5.74, 6) is 0.369. The van der Waals surface area contributed by atoms with E-state index in [1.807, 2.05) is 27.7 Å². The molecule has 0 aromatic heterocycles. The van der Waals surface area contributed by atoms with Gasteiger partial charge in [0.05, 0.1) is 17.7 Å². The number of hydrogen-bond acceptors (Lipinski definition) is 4. The fourth-order valence-corrected chi connectivity index (χ4v) is 3.15. The fourth-order valence-electron chi connectivity index (χ4n) is 2.91. The predicted molar refractivity (Wildman–Crippen MR) is 99.2 cm³/mol. The lowest BCUT2D eigenvalue weighted by molar-refractivity contribution is -0.166. The summed E-state index contributed by atoms with van der Waals surface area (Å²) in [6.07, 6.45) is 0.497. The van der Waals surface area contributed by atoms with E-state index < -0.39 is 11.0 Å². The third kappa shape index (κ3) is 3.64. The molecule has 0 bridgehead atoms. The van der Waals surface area contributed by atoms with E-state index in [0.29, 0.717) is 36.1 Å². The molecule has 1 aromatic rings. The average molecular weight is 377 g/mol. The standard InChI is InChI=1S/C17H25ClN2O3.ClH/c1-5-22-13-8-7-11(9-12(13)18)20-15(21)17(19)10-14(23-6-2)16(17,3)4;/h7-9,14H,5-6,10,19H2,1-4H3,(H,20,21);1H. The van der Waals surface area contributed by atoms with Gasteiger partial charge in [-0.1, -0.05) is 25.4 Å². The van der Waals surface area contributed by atoms with E-state index in [1.165, 1.54) is 0 Å². The lowest BCUT2D eigenvalue weighted by atomic mass is 9.54. The van der Waals surface area contributed by atoms with Crippen molar-refractivity contribution in [2.24, 2.45) is 11.1 Å². The molecule has 1 fully saturated rings. The second-order valence-corrected chi connectivity index (χ2v) is 6.78. The molecule has 0 saturated heterocycles. The molecule has 0 heterocycles. The second-order valence-electron chi connectivity index (χ2n) is 6.37. The van der Waals surface area contributed by atoms with Crippen LogP contribution in [-0.2, 0) is 9.53 Å². The van der Waals surface area contributed by atoms with E-state index in [0.717, 1.165) is 0 Å². The quantitative estimate of drug-likeness (QED) is 0.794. The van der Waals surface area contributed by atoms with Crippen LogP contribution in [0.3, 0.4) is 0 Å². The highest BCUT2D eigenvalue weighted by molar-refractivity contribution is 6.32. The molecule has 2 atom stereocenters. The van der Waals surface area contributed by atoms with Crippen molar-refractivity contribution >= 4 is 35.6 Å². The highest BCUT2D eigenvalue weighted by Crippen LogP contribution is 2.50. The highest BCUT2D eigenvalue weighted by Gasteiger charge is 2.62. The van der Waals surface area contributed by atoms with Crippen LogP contribution >= 0.6 is 24.0 Å². The number of amides is 1. The Morgan fingerprint density at radius 1 is 1.38 bits per heavy atom. The minimum absolute atomic E-state index is 0. The van der Waals surface area contributed by atoms with Crippen LogP contribution in [0.15, 0.2) is 18.2 Å². The molecule has 1 aromatic carbocycles. The second kappa shape index (κ2) is 7.91. The summed E-state index contributed by atoms with van der Waals surface area (Å²) < 4.78 is 11.0. The molecule has 1 saturated carbocycles. The van der Waals surface area contributed by atoms with Gasteiger partial charge in [-0.3, -0.25) is 4.79 Å². The van der Waals surface area contributed by atoms with Crippen molar-refractivity contribution in [2.75, 3.05) is 18.5 Å². The zero-order valence-electron chi connectivity index (χ0n) is 14.5. The molecule has 5 nitrogen and oxygen atoms in total. The number of rotatable bonds is 6. The molecule has 3 N–H and O–H groups in total. The maximum Gasteiger partial charge on any atom is 0.245 e. The van der Waals surface area contributed by atoms with Crippen LogP contribution in [0.4, 0.5) is 5.69 Å². The van der Waals surface area contributed by atoms with E-state index >= 15 is 0 Å². The number of ether oxygens (including phenoxy) is 2. The topological polar surface area (TPSA) is 73.6 Å². The van der Waals surface area contributed by atoms with Crippen molar-refractivity contribution in [1.29, 1.82) is 0 Å². The summed E-state index contributed by atoms with van der Waals surface area (Å²) >= 11 is 6.15. The summed E-state index contributed by atoms with van der Waals surface area (Å²) in [5, 5.41) is 3.31. The van der Waals surface area contributed by atoms with Crippen LogP contribution in [0, 0.1) is 5.41 Å². The predicted octanol–water partition coefficient (Wildman–Crippen LogP) is 3.63. The van der Waals surface area contributed by atoms with Gasteiger partial charge in [-0.05, 0) is 32.0 Å². The number of hydrogen-bond donors (Lipinski definition) is 2. The van der Waals surface area contributed by atoms with Crippen LogP contribution in [0.5, 0.6) is 5.75 Å². The van der Waals surface area contributed by atoms with E-state index in [4.69, 9.17) is 26.8 Å². The summed E-state index contributed by atoms with van der Waals surface area (Å²) in [4.78, 5) is 12.6. The zero-order valence-corrected chi connectivity index (χ0v) is 16.1. The van der Waals surface area contributed by atoms with Crippen LogP contribution in [0.25, 0.3) is 0 Å². The first-order chi connectivity index (χ1) is 10.8. The molecule has 0 spiro atoms. The first-order valence-corrected chi connectivity index (χ1v) is 8.28. The fraction of sp³-hybridized carbons (Fsp3) is 0.588. The zero-order chi connectivity index (χ0) is 17.3. The van der Waals surface area contributed by atoms with E-state index in [9.17, 15) is 4.79 Å². The molecule has 1 aliphatic carbocycles. The number of anilines is 1. The first kappa shape index (κ1) is 21.0. The normalized spacial score (nSPS) is 24.5. The number of carbonyl (C=O) groups is 1. The molecule has 0 aliphatic heterocycles. The number of benzene rings is 1. The van der Waals surface area contributed by atoms with Gasteiger partial charge in [-0.2, -0.15) is 0 Å². The lowest BCUT2D eigenvalue weighted by Crippen LogP contribution is -2.74. The van der Waals surface area contributed by atoms with Crippen LogP contribution in [0.1, 0.15) is 34.1 Å². The van der Waals surface area contributed by atoms with Crippen LogP contribution in [0.2, 0.25) is 5.02 Å². The molecule has 1 aliphatic rings. The minimum atomic E-state index is -0.960. The Labute approximate surface area is 154 Å². The monoisotopic (exact) mass is 376 g/mol. The Bertz CT molecular complexity index is 595. The van der Waals surface area contributed by atoms with Gasteiger partial charge < -0.3 is 20.5 Å². The third-order valence-corrected chi connectivity index (χ3v) is 5.02. The minimum Gasteiger partial charge on any atom is -0.492 e. The molecule has 7 heteroatoms. The molecule has 2 unspecified atom stereocenters. The summed E-state index contributed by atoms with van der Waals surface area (Å²) in [6.45, 7) is 8.89. The van der Waals surface area contributed by atoms with Gasteiger partial charge in [0.1, 0.15) is 11.3 Å². The molecule has 1 amide bonds. The number of carbonyl (C=O) groups excluding carboxylic acids is 1. The Kier molecular flexibility index (Phi) is 6.94. The highest BCUT2D eigenvalue weighted by atomic mass is 35.5. The molecule has 2 rings (SSSR count). The van der Waals surface area contributed by atoms with Gasteiger partial charge in [-0.25, -0.2) is 0 Å². The van der Waals surface area contributed by atoms with Gasteiger partial charge in [0.2, 0.25) is 5.91 Å². The molecule has 24 heavy (non-hydrogen) atoms. The first-order valence-electron chi connectivity index (χ1n) is 7.90. The van der Waals surface area contributed by atoms with Gasteiger partial charge in [0.15, 0.2) is 0 Å². The van der Waals surface area contributed by atoms with E-state index in [1.54, 1.807) is 18.2 Å². The SMILES string of the molecule is CCOc1ccc(NC(=O)C2(N)CC(OCC)C2(C)C)cc1Cl.Cl. The Balaban J connectivity index is 0.00000288. The van der Waals surface area contributed by atoms with Crippen molar-refractivity contribution in [1.82, 2.24) is 0 Å². The van der Waals surface area contributed by atoms with Crippen molar-refractivity contribution < 1.29 is 14.3 Å². The molecule has 0 radical (unpaired) electrons. The average Bonchev–Trinajstić information content (AvgIpc) is 2.49. The summed E-state index contributed by atoms with van der Waals surface area (Å²) in [7, 11) is 0. The Hall–Kier alpha value is -1.01. The maximum atomic E-state index is 12.6. The third-order valence-electron chi connectivity index (χ3n) is 4.72. The summed E-state index contributed by atoms with van der Waals surface area (Å²) in [6, 6.07) is 5.16. The molecular formula is C17H26Cl2N2O3. The number of nitrogens with two attached hydrogens (primary N) is 1. The number of halogens is 2. The largest absolute Gasteiger partial charge is 0.492 e. The van der Waals surface area contributed by atoms with Crippen LogP contribution < -0.4 is 15.8 Å². The molecular weight excluding hydrogens is 351 g/mol. The van der Waals surface area contributed by atoms with Crippen molar-refractivity contribution in [3.63, 3.8) is 0 Å². The summed E-state index contributed by atoms with van der Waals surface area (Å²) in [5.41, 5.74) is 5.57. The van der Waals surface area contributed by atoms with Crippen molar-refractivity contribution in [3.8, 4) is 5.75 Å². The van der Waals surface area contributed by atoms with Crippen molar-refractivity contribution in [2.45, 2.75) is 45.8 Å². The van der Waals surface area contributed by atoms with Gasteiger partial charge in [-0.15, -0.1) is 12.4 Å². The van der Waals surface area contributed by atoms with Gasteiger partial charge in [0, 0.05) is 24.1 Å². The lowest BCUT2D eigenvalue weighted by Gasteiger charge is -2.57. The van der Waals surface area contributed by atoms with Gasteiger partial charge >= 0.3 is 0 Å². The van der Waals surface area contributed by atoms with E-state index in [2.05, 4.69) is 5.32 Å². The maximum absolute atomic E-state index is 12.6. The van der Waals surface area contributed by atoms with Crippen molar-refractivity contribution in [3.05, 3.63) is 23.2 Å². The van der Waals surface area contributed by atoms with Crippen LogP contribution in [-0.4, -0.2) is 30.8 Å².